The van der Waals surface area contributed by atoms with E-state index in [-0.39, 0.29) is 18.7 Å². The molecule has 0 saturated carbocycles. The minimum absolute atomic E-state index is 0.0732. The molecule has 0 fully saturated rings. The van der Waals surface area contributed by atoms with Gasteiger partial charge in [0.15, 0.2) is 0 Å². The summed E-state index contributed by atoms with van der Waals surface area (Å²) >= 11 is 0. The zero-order chi connectivity index (χ0) is 28.1. The summed E-state index contributed by atoms with van der Waals surface area (Å²) < 4.78 is 226. The first kappa shape index (κ1) is 30.6. The highest BCUT2D eigenvalue weighted by Crippen LogP contribution is 2.65. The van der Waals surface area contributed by atoms with Gasteiger partial charge in [-0.05, 0) is 12.1 Å². The lowest BCUT2D eigenvalue weighted by Crippen LogP contribution is -2.74. The summed E-state index contributed by atoms with van der Waals surface area (Å²) in [6.45, 7) is 2.88. The third-order valence-electron chi connectivity index (χ3n) is 4.40. The molecular formula is C17H10F17N. The SMILES string of the molecule is C=CCNc1cccc(C(F)(F)C(F)(F)C(F)(F)C(F)(F)C(F)(F)C(F)(F)C(F)(F)C(F)(F)F)c1. The Morgan fingerprint density at radius 1 is 0.600 bits per heavy atom. The Labute approximate surface area is 183 Å². The van der Waals surface area contributed by atoms with Crippen LogP contribution in [0.2, 0.25) is 0 Å². The summed E-state index contributed by atoms with van der Waals surface area (Å²) in [7, 11) is 0. The van der Waals surface area contributed by atoms with Crippen LogP contribution in [0.1, 0.15) is 5.56 Å². The Morgan fingerprint density at radius 2 is 1.00 bits per heavy atom. The first-order valence-corrected chi connectivity index (χ1v) is 8.45. The molecule has 1 aromatic rings. The van der Waals surface area contributed by atoms with E-state index in [1.165, 1.54) is 0 Å². The van der Waals surface area contributed by atoms with Gasteiger partial charge in [-0.2, -0.15) is 74.6 Å². The van der Waals surface area contributed by atoms with E-state index >= 15 is 0 Å². The normalized spacial score (nSPS) is 15.2. The van der Waals surface area contributed by atoms with E-state index in [0.717, 1.165) is 12.1 Å². The molecule has 202 valence electrons. The molecule has 0 bridgehead atoms. The molecule has 1 nitrogen and oxygen atoms in total. The van der Waals surface area contributed by atoms with Gasteiger partial charge in [-0.25, -0.2) is 0 Å². The third-order valence-corrected chi connectivity index (χ3v) is 4.40. The summed E-state index contributed by atoms with van der Waals surface area (Å²) in [5.41, 5.74) is -2.85. The highest BCUT2D eigenvalue weighted by Gasteiger charge is 2.95. The van der Waals surface area contributed by atoms with Crippen molar-refractivity contribution in [1.82, 2.24) is 0 Å². The van der Waals surface area contributed by atoms with Gasteiger partial charge in [0.1, 0.15) is 0 Å². The molecule has 18 heteroatoms. The Morgan fingerprint density at radius 3 is 1.40 bits per heavy atom. The van der Waals surface area contributed by atoms with Crippen molar-refractivity contribution in [1.29, 1.82) is 0 Å². The molecule has 0 aromatic heterocycles. The van der Waals surface area contributed by atoms with Crippen molar-refractivity contribution in [3.8, 4) is 0 Å². The number of nitrogens with one attached hydrogen (secondary N) is 1. The molecule has 0 aliphatic rings. The number of rotatable bonds is 10. The predicted molar refractivity (Wildman–Crippen MR) is 84.8 cm³/mol. The van der Waals surface area contributed by atoms with Crippen molar-refractivity contribution in [2.45, 2.75) is 47.6 Å². The van der Waals surface area contributed by atoms with Gasteiger partial charge in [-0.1, -0.05) is 18.2 Å². The van der Waals surface area contributed by atoms with Gasteiger partial charge < -0.3 is 5.32 Å². The molecule has 1 N–H and O–H groups in total. The molecule has 0 aliphatic heterocycles. The fraction of sp³-hybridized carbons (Fsp3) is 0.529. The molecule has 0 atom stereocenters. The van der Waals surface area contributed by atoms with Crippen LogP contribution >= 0.6 is 0 Å². The van der Waals surface area contributed by atoms with Crippen LogP contribution < -0.4 is 5.32 Å². The van der Waals surface area contributed by atoms with Crippen molar-refractivity contribution in [3.05, 3.63) is 42.5 Å². The number of hydrogen-bond acceptors (Lipinski definition) is 1. The van der Waals surface area contributed by atoms with Crippen LogP contribution in [-0.2, 0) is 5.92 Å². The Kier molecular flexibility index (Phi) is 7.52. The molecule has 1 rings (SSSR count). The van der Waals surface area contributed by atoms with E-state index in [0.29, 0.717) is 6.07 Å². The summed E-state index contributed by atoms with van der Waals surface area (Å²) in [6, 6.07) is 1.11. The zero-order valence-corrected chi connectivity index (χ0v) is 16.2. The largest absolute Gasteiger partial charge is 0.460 e. The molecule has 0 saturated heterocycles. The van der Waals surface area contributed by atoms with E-state index in [1.807, 2.05) is 0 Å². The summed E-state index contributed by atoms with van der Waals surface area (Å²) in [5.74, 6) is -56.6. The van der Waals surface area contributed by atoms with E-state index < -0.39 is 58.9 Å². The Hall–Kier alpha value is -2.43. The van der Waals surface area contributed by atoms with E-state index in [9.17, 15) is 74.6 Å². The van der Waals surface area contributed by atoms with Gasteiger partial charge in [0.2, 0.25) is 0 Å². The second kappa shape index (κ2) is 8.60. The number of halogens is 17. The highest BCUT2D eigenvalue weighted by molar-refractivity contribution is 5.48. The molecule has 35 heavy (non-hydrogen) atoms. The van der Waals surface area contributed by atoms with Crippen LogP contribution in [0.5, 0.6) is 0 Å². The lowest BCUT2D eigenvalue weighted by molar-refractivity contribution is -0.462. The maximum atomic E-state index is 14.2. The Bertz CT molecular complexity index is 915. The van der Waals surface area contributed by atoms with Crippen molar-refractivity contribution in [3.63, 3.8) is 0 Å². The minimum Gasteiger partial charge on any atom is -0.382 e. The van der Waals surface area contributed by atoms with Gasteiger partial charge in [0.05, 0.1) is 0 Å². The quantitative estimate of drug-likeness (QED) is 0.232. The summed E-state index contributed by atoms with van der Waals surface area (Å²) in [5, 5.41) is 2.16. The van der Waals surface area contributed by atoms with Crippen molar-refractivity contribution < 1.29 is 74.6 Å². The molecule has 0 radical (unpaired) electrons. The third kappa shape index (κ3) is 4.25. The van der Waals surface area contributed by atoms with Crippen molar-refractivity contribution in [2.24, 2.45) is 0 Å². The van der Waals surface area contributed by atoms with Crippen molar-refractivity contribution >= 4 is 5.69 Å². The smallest absolute Gasteiger partial charge is 0.382 e. The van der Waals surface area contributed by atoms with Crippen LogP contribution in [-0.4, -0.2) is 48.3 Å². The maximum absolute atomic E-state index is 14.2. The van der Waals surface area contributed by atoms with Gasteiger partial charge in [-0.15, -0.1) is 6.58 Å². The second-order valence-corrected chi connectivity index (χ2v) is 6.77. The average molecular weight is 551 g/mol. The monoisotopic (exact) mass is 551 g/mol. The molecule has 0 unspecified atom stereocenters. The fourth-order valence-electron chi connectivity index (χ4n) is 2.36. The van der Waals surface area contributed by atoms with Gasteiger partial charge in [0, 0.05) is 17.8 Å². The van der Waals surface area contributed by atoms with Crippen molar-refractivity contribution in [2.75, 3.05) is 11.9 Å². The first-order valence-electron chi connectivity index (χ1n) is 8.45. The molecule has 0 aliphatic carbocycles. The maximum Gasteiger partial charge on any atom is 0.460 e. The average Bonchev–Trinajstić information content (AvgIpc) is 2.70. The van der Waals surface area contributed by atoms with Crippen LogP contribution in [0.15, 0.2) is 36.9 Å². The first-order chi connectivity index (χ1) is 15.3. The molecule has 0 spiro atoms. The predicted octanol–water partition coefficient (Wildman–Crippen LogP) is 7.75. The van der Waals surface area contributed by atoms with E-state index in [2.05, 4.69) is 11.9 Å². The van der Waals surface area contributed by atoms with E-state index in [1.54, 1.807) is 0 Å². The van der Waals surface area contributed by atoms with Gasteiger partial charge in [-0.3, -0.25) is 0 Å². The minimum atomic E-state index is -8.64. The zero-order valence-electron chi connectivity index (χ0n) is 16.2. The van der Waals surface area contributed by atoms with Crippen LogP contribution in [0.4, 0.5) is 80.3 Å². The van der Waals surface area contributed by atoms with Gasteiger partial charge >= 0.3 is 47.6 Å². The highest BCUT2D eigenvalue weighted by atomic mass is 19.4. The number of anilines is 1. The second-order valence-electron chi connectivity index (χ2n) is 6.77. The standard InChI is InChI=1S/C17H10F17N/c1-2-6-35-9-5-3-4-8(7-9)10(18,19)11(20,21)12(22,23)13(24,25)14(26,27)15(28,29)16(30,31)17(32,33)34/h2-5,7,35H,1,6H2. The molecule has 0 amide bonds. The summed E-state index contributed by atoms with van der Waals surface area (Å²) in [6.07, 6.45) is -6.72. The van der Waals surface area contributed by atoms with Crippen LogP contribution in [0.25, 0.3) is 0 Å². The summed E-state index contributed by atoms with van der Waals surface area (Å²) in [4.78, 5) is 0. The van der Waals surface area contributed by atoms with E-state index in [4.69, 9.17) is 0 Å². The fourth-order valence-corrected chi connectivity index (χ4v) is 2.36. The number of hydrogen-bond donors (Lipinski definition) is 1. The van der Waals surface area contributed by atoms with Gasteiger partial charge in [0.25, 0.3) is 0 Å². The molecular weight excluding hydrogens is 541 g/mol. The lowest BCUT2D eigenvalue weighted by Gasteiger charge is -2.42. The topological polar surface area (TPSA) is 12.0 Å². The molecule has 0 heterocycles. The molecule has 1 aromatic carbocycles. The number of alkyl halides is 17. The van der Waals surface area contributed by atoms with Crippen LogP contribution in [0.3, 0.4) is 0 Å². The Balaban J connectivity index is 3.68. The number of benzene rings is 1. The lowest BCUT2D eigenvalue weighted by atomic mass is 9.87. The van der Waals surface area contributed by atoms with Crippen LogP contribution in [0, 0.1) is 0 Å².